The van der Waals surface area contributed by atoms with E-state index in [4.69, 9.17) is 4.74 Å². The highest BCUT2D eigenvalue weighted by Crippen LogP contribution is 2.18. The van der Waals surface area contributed by atoms with E-state index in [0.717, 1.165) is 11.0 Å². The quantitative estimate of drug-likeness (QED) is 0.435. The lowest BCUT2D eigenvalue weighted by molar-refractivity contribution is -0.870. The van der Waals surface area contributed by atoms with Gasteiger partial charge in [0.25, 0.3) is 5.69 Å². The summed E-state index contributed by atoms with van der Waals surface area (Å²) in [5.74, 6) is 0.544. The van der Waals surface area contributed by atoms with Crippen LogP contribution in [0.2, 0.25) is 0 Å². The van der Waals surface area contributed by atoms with Crippen molar-refractivity contribution >= 4 is 5.69 Å². The fourth-order valence-electron chi connectivity index (χ4n) is 1.12. The monoisotopic (exact) mass is 225 g/mol. The number of hydrogen-bond donors (Lipinski definition) is 0. The molecule has 5 heteroatoms. The third kappa shape index (κ3) is 4.27. The number of nitrogens with zero attached hydrogens (tertiary/aromatic N) is 2. The molecule has 0 heterocycles. The van der Waals surface area contributed by atoms with Gasteiger partial charge in [0.1, 0.15) is 18.9 Å². The van der Waals surface area contributed by atoms with E-state index in [1.807, 2.05) is 0 Å². The fraction of sp³-hybridized carbons (Fsp3) is 0.455. The summed E-state index contributed by atoms with van der Waals surface area (Å²) in [6, 6.07) is 6.24. The molecular weight excluding hydrogens is 208 g/mol. The minimum absolute atomic E-state index is 0.0581. The molecule has 0 radical (unpaired) electrons. The van der Waals surface area contributed by atoms with Crippen LogP contribution in [0.25, 0.3) is 0 Å². The molecule has 0 saturated carbocycles. The van der Waals surface area contributed by atoms with Crippen molar-refractivity contribution in [3.63, 3.8) is 0 Å². The van der Waals surface area contributed by atoms with Crippen molar-refractivity contribution < 1.29 is 14.1 Å². The van der Waals surface area contributed by atoms with Crippen LogP contribution >= 0.6 is 0 Å². The zero-order valence-electron chi connectivity index (χ0n) is 9.84. The molecule has 1 aromatic rings. The first-order chi connectivity index (χ1) is 7.38. The largest absolute Gasteiger partial charge is 0.487 e. The zero-order valence-corrected chi connectivity index (χ0v) is 9.84. The summed E-state index contributed by atoms with van der Waals surface area (Å²) in [4.78, 5) is 10.1. The van der Waals surface area contributed by atoms with Gasteiger partial charge in [0.05, 0.1) is 32.1 Å². The summed E-state index contributed by atoms with van der Waals surface area (Å²) >= 11 is 0. The predicted molar refractivity (Wildman–Crippen MR) is 61.5 cm³/mol. The second kappa shape index (κ2) is 4.94. The summed E-state index contributed by atoms with van der Waals surface area (Å²) in [6.45, 7) is 1.40. The van der Waals surface area contributed by atoms with Gasteiger partial charge < -0.3 is 9.22 Å². The van der Waals surface area contributed by atoms with Crippen LogP contribution in [0.15, 0.2) is 24.3 Å². The van der Waals surface area contributed by atoms with Gasteiger partial charge in [0, 0.05) is 6.07 Å². The van der Waals surface area contributed by atoms with Gasteiger partial charge in [-0.25, -0.2) is 0 Å². The molecule has 1 aromatic carbocycles. The molecule has 0 amide bonds. The number of nitro benzene ring substituents is 1. The van der Waals surface area contributed by atoms with Crippen LogP contribution < -0.4 is 4.74 Å². The number of hydrogen-bond acceptors (Lipinski definition) is 3. The molecule has 5 nitrogen and oxygen atoms in total. The van der Waals surface area contributed by atoms with Crippen LogP contribution in [0.4, 0.5) is 5.69 Å². The van der Waals surface area contributed by atoms with Gasteiger partial charge in [-0.05, 0) is 6.07 Å². The van der Waals surface area contributed by atoms with Crippen LogP contribution in [0, 0.1) is 10.1 Å². The van der Waals surface area contributed by atoms with Crippen LogP contribution in [-0.4, -0.2) is 43.7 Å². The fourth-order valence-corrected chi connectivity index (χ4v) is 1.12. The Labute approximate surface area is 95.0 Å². The molecule has 0 aliphatic heterocycles. The minimum Gasteiger partial charge on any atom is -0.487 e. The Hall–Kier alpha value is -1.62. The highest BCUT2D eigenvalue weighted by molar-refractivity contribution is 5.37. The van der Waals surface area contributed by atoms with E-state index in [2.05, 4.69) is 21.1 Å². The Kier molecular flexibility index (Phi) is 3.84. The molecule has 0 aromatic heterocycles. The maximum Gasteiger partial charge on any atom is 0.273 e. The standard InChI is InChI=1S/C11H17N2O3/c1-13(2,3)7-8-16-11-6-4-5-10(9-11)12(14)15/h4-6,9H,7-8H2,1-3H3/q+1. The average molecular weight is 225 g/mol. The van der Waals surface area contributed by atoms with Gasteiger partial charge in [-0.1, -0.05) is 6.07 Å². The van der Waals surface area contributed by atoms with Gasteiger partial charge in [0.2, 0.25) is 0 Å². The van der Waals surface area contributed by atoms with Gasteiger partial charge in [0.15, 0.2) is 0 Å². The normalized spacial score (nSPS) is 11.2. The van der Waals surface area contributed by atoms with E-state index < -0.39 is 4.92 Å². The van der Waals surface area contributed by atoms with Crippen LogP contribution in [0.1, 0.15) is 0 Å². The van der Waals surface area contributed by atoms with Crippen LogP contribution in [0.5, 0.6) is 5.75 Å². The third-order valence-corrected chi connectivity index (χ3v) is 2.06. The van der Waals surface area contributed by atoms with Gasteiger partial charge in [-0.15, -0.1) is 0 Å². The lowest BCUT2D eigenvalue weighted by atomic mass is 10.3. The molecule has 0 spiro atoms. The molecule has 1 rings (SSSR count). The van der Waals surface area contributed by atoms with Gasteiger partial charge in [-0.3, -0.25) is 10.1 Å². The third-order valence-electron chi connectivity index (χ3n) is 2.06. The Morgan fingerprint density at radius 3 is 2.62 bits per heavy atom. The van der Waals surface area contributed by atoms with Crippen molar-refractivity contribution in [3.8, 4) is 5.75 Å². The molecule has 0 fully saturated rings. The van der Waals surface area contributed by atoms with Crippen LogP contribution in [-0.2, 0) is 0 Å². The number of ether oxygens (including phenoxy) is 1. The number of benzene rings is 1. The highest BCUT2D eigenvalue weighted by atomic mass is 16.6. The first kappa shape index (κ1) is 12.4. The number of rotatable bonds is 5. The molecule has 0 bridgehead atoms. The van der Waals surface area contributed by atoms with E-state index in [0.29, 0.717) is 12.4 Å². The SMILES string of the molecule is C[N+](C)(C)CCOc1cccc([N+](=O)[O-])c1. The van der Waals surface area contributed by atoms with E-state index >= 15 is 0 Å². The number of nitro groups is 1. The number of quaternary nitrogens is 1. The van der Waals surface area contributed by atoms with E-state index in [9.17, 15) is 10.1 Å². The Bertz CT molecular complexity index is 372. The number of likely N-dealkylation sites (N-methyl/N-ethyl adjacent to an activating group) is 1. The van der Waals surface area contributed by atoms with E-state index in [1.54, 1.807) is 12.1 Å². The summed E-state index contributed by atoms with van der Waals surface area (Å²) < 4.78 is 6.25. The molecule has 16 heavy (non-hydrogen) atoms. The minimum atomic E-state index is -0.424. The van der Waals surface area contributed by atoms with E-state index in [1.165, 1.54) is 12.1 Å². The Balaban J connectivity index is 2.55. The summed E-state index contributed by atoms with van der Waals surface area (Å²) in [5, 5.41) is 10.5. The predicted octanol–water partition coefficient (Wildman–Crippen LogP) is 1.68. The molecule has 88 valence electrons. The first-order valence-corrected chi connectivity index (χ1v) is 5.06. The van der Waals surface area contributed by atoms with Crippen molar-refractivity contribution in [1.29, 1.82) is 0 Å². The maximum atomic E-state index is 10.5. The Morgan fingerprint density at radius 1 is 1.38 bits per heavy atom. The topological polar surface area (TPSA) is 52.4 Å². The summed E-state index contributed by atoms with van der Waals surface area (Å²) in [5.41, 5.74) is 0.0581. The lowest BCUT2D eigenvalue weighted by Gasteiger charge is -2.23. The van der Waals surface area contributed by atoms with Gasteiger partial charge >= 0.3 is 0 Å². The summed E-state index contributed by atoms with van der Waals surface area (Å²) in [7, 11) is 6.20. The van der Waals surface area contributed by atoms with Crippen molar-refractivity contribution in [3.05, 3.63) is 34.4 Å². The zero-order chi connectivity index (χ0) is 12.2. The number of non-ortho nitro benzene ring substituents is 1. The summed E-state index contributed by atoms with van der Waals surface area (Å²) in [6.07, 6.45) is 0. The molecule has 0 N–H and O–H groups in total. The second-order valence-corrected chi connectivity index (χ2v) is 4.62. The van der Waals surface area contributed by atoms with Crippen molar-refractivity contribution in [2.45, 2.75) is 0 Å². The Morgan fingerprint density at radius 2 is 2.06 bits per heavy atom. The maximum absolute atomic E-state index is 10.5. The molecule has 0 saturated heterocycles. The molecular formula is C11H17N2O3+. The molecule has 0 aliphatic carbocycles. The van der Waals surface area contributed by atoms with Crippen molar-refractivity contribution in [2.24, 2.45) is 0 Å². The first-order valence-electron chi connectivity index (χ1n) is 5.06. The van der Waals surface area contributed by atoms with Crippen LogP contribution in [0.3, 0.4) is 0 Å². The lowest BCUT2D eigenvalue weighted by Crippen LogP contribution is -2.38. The van der Waals surface area contributed by atoms with Gasteiger partial charge in [-0.2, -0.15) is 0 Å². The second-order valence-electron chi connectivity index (χ2n) is 4.62. The molecule has 0 atom stereocenters. The molecule has 0 unspecified atom stereocenters. The van der Waals surface area contributed by atoms with Crippen molar-refractivity contribution in [2.75, 3.05) is 34.3 Å². The van der Waals surface area contributed by atoms with Crippen molar-refractivity contribution in [1.82, 2.24) is 0 Å². The smallest absolute Gasteiger partial charge is 0.273 e. The molecule has 0 aliphatic rings. The highest BCUT2D eigenvalue weighted by Gasteiger charge is 2.09. The van der Waals surface area contributed by atoms with E-state index in [-0.39, 0.29) is 5.69 Å². The average Bonchev–Trinajstić information content (AvgIpc) is 2.16.